The van der Waals surface area contributed by atoms with Crippen LogP contribution in [-0.4, -0.2) is 63.1 Å². The van der Waals surface area contributed by atoms with Gasteiger partial charge in [-0.1, -0.05) is 18.2 Å². The standard InChI is InChI=1S/C17H28N2O3S/c1-14-8-5-6-9-17(14)23(20,21)18-12-15(2)19(16(3)13-18)10-7-11-22-4/h5-6,8-9,15-16H,7,10-13H2,1-4H3. The molecule has 1 aromatic rings. The molecule has 0 amide bonds. The Hall–Kier alpha value is -0.950. The zero-order chi connectivity index (χ0) is 17.0. The average Bonchev–Trinajstić information content (AvgIpc) is 2.50. The summed E-state index contributed by atoms with van der Waals surface area (Å²) in [6.07, 6.45) is 0.968. The van der Waals surface area contributed by atoms with Gasteiger partial charge in [0.25, 0.3) is 0 Å². The topological polar surface area (TPSA) is 49.9 Å². The molecule has 6 heteroatoms. The molecule has 1 heterocycles. The number of ether oxygens (including phenoxy) is 1. The van der Waals surface area contributed by atoms with Gasteiger partial charge in [0.2, 0.25) is 10.0 Å². The summed E-state index contributed by atoms with van der Waals surface area (Å²) in [6.45, 7) is 8.80. The number of aryl methyl sites for hydroxylation is 1. The Morgan fingerprint density at radius 2 is 1.78 bits per heavy atom. The molecule has 5 nitrogen and oxygen atoms in total. The smallest absolute Gasteiger partial charge is 0.243 e. The van der Waals surface area contributed by atoms with Gasteiger partial charge in [0.1, 0.15) is 0 Å². The molecular formula is C17H28N2O3S. The Morgan fingerprint density at radius 1 is 1.17 bits per heavy atom. The fraction of sp³-hybridized carbons (Fsp3) is 0.647. The normalized spacial score (nSPS) is 24.0. The van der Waals surface area contributed by atoms with Gasteiger partial charge in [0.05, 0.1) is 4.90 Å². The van der Waals surface area contributed by atoms with Crippen LogP contribution in [0.3, 0.4) is 0 Å². The van der Waals surface area contributed by atoms with E-state index in [4.69, 9.17) is 4.74 Å². The van der Waals surface area contributed by atoms with Crippen LogP contribution in [0.1, 0.15) is 25.8 Å². The number of hydrogen-bond donors (Lipinski definition) is 0. The van der Waals surface area contributed by atoms with Crippen LogP contribution in [0.5, 0.6) is 0 Å². The predicted molar refractivity (Wildman–Crippen MR) is 92.1 cm³/mol. The molecule has 0 saturated carbocycles. The van der Waals surface area contributed by atoms with E-state index in [-0.39, 0.29) is 12.1 Å². The minimum atomic E-state index is -3.43. The summed E-state index contributed by atoms with van der Waals surface area (Å²) in [6, 6.07) is 7.61. The van der Waals surface area contributed by atoms with Crippen molar-refractivity contribution in [2.45, 2.75) is 44.2 Å². The Labute approximate surface area is 140 Å². The highest BCUT2D eigenvalue weighted by Gasteiger charge is 2.36. The van der Waals surface area contributed by atoms with E-state index in [2.05, 4.69) is 18.7 Å². The van der Waals surface area contributed by atoms with Crippen LogP contribution in [0, 0.1) is 6.92 Å². The van der Waals surface area contributed by atoms with Gasteiger partial charge < -0.3 is 4.74 Å². The molecule has 0 radical (unpaired) electrons. The SMILES string of the molecule is COCCCN1C(C)CN(S(=O)(=O)c2ccccc2C)CC1C. The molecule has 2 atom stereocenters. The third-order valence-electron chi connectivity index (χ3n) is 4.54. The molecule has 0 bridgehead atoms. The van der Waals surface area contributed by atoms with Crippen LogP contribution >= 0.6 is 0 Å². The first-order chi connectivity index (χ1) is 10.9. The molecule has 0 aromatic heterocycles. The molecule has 0 N–H and O–H groups in total. The summed E-state index contributed by atoms with van der Waals surface area (Å²) in [5.41, 5.74) is 0.801. The van der Waals surface area contributed by atoms with Crippen molar-refractivity contribution in [1.82, 2.24) is 9.21 Å². The Morgan fingerprint density at radius 3 is 2.35 bits per heavy atom. The summed E-state index contributed by atoms with van der Waals surface area (Å²) in [4.78, 5) is 2.80. The van der Waals surface area contributed by atoms with Gasteiger partial charge >= 0.3 is 0 Å². The van der Waals surface area contributed by atoms with Crippen molar-refractivity contribution < 1.29 is 13.2 Å². The third kappa shape index (κ3) is 4.12. The second kappa shape index (κ2) is 7.75. The second-order valence-electron chi connectivity index (χ2n) is 6.37. The number of piperazine rings is 1. The molecule has 1 aliphatic heterocycles. The van der Waals surface area contributed by atoms with Crippen molar-refractivity contribution in [3.8, 4) is 0 Å². The molecule has 1 saturated heterocycles. The lowest BCUT2D eigenvalue weighted by Crippen LogP contribution is -2.58. The monoisotopic (exact) mass is 340 g/mol. The number of benzene rings is 1. The first kappa shape index (κ1) is 18.4. The predicted octanol–water partition coefficient (Wildman–Crippen LogP) is 2.11. The second-order valence-corrected chi connectivity index (χ2v) is 8.28. The molecule has 2 unspecified atom stereocenters. The van der Waals surface area contributed by atoms with Crippen molar-refractivity contribution >= 4 is 10.0 Å². The molecule has 130 valence electrons. The number of nitrogens with zero attached hydrogens (tertiary/aromatic N) is 2. The van der Waals surface area contributed by atoms with E-state index in [1.807, 2.05) is 19.1 Å². The van der Waals surface area contributed by atoms with Crippen LogP contribution in [0.25, 0.3) is 0 Å². The van der Waals surface area contributed by atoms with E-state index < -0.39 is 10.0 Å². The van der Waals surface area contributed by atoms with E-state index in [0.29, 0.717) is 18.0 Å². The zero-order valence-corrected chi connectivity index (χ0v) is 15.3. The lowest BCUT2D eigenvalue weighted by molar-refractivity contribution is 0.0665. The van der Waals surface area contributed by atoms with Gasteiger partial charge in [-0.15, -0.1) is 0 Å². The number of hydrogen-bond acceptors (Lipinski definition) is 4. The fourth-order valence-corrected chi connectivity index (χ4v) is 5.15. The van der Waals surface area contributed by atoms with Crippen molar-refractivity contribution in [2.75, 3.05) is 33.4 Å². The van der Waals surface area contributed by atoms with E-state index in [1.165, 1.54) is 0 Å². The largest absolute Gasteiger partial charge is 0.385 e. The zero-order valence-electron chi connectivity index (χ0n) is 14.5. The Kier molecular flexibility index (Phi) is 6.19. The molecule has 0 aliphatic carbocycles. The maximum absolute atomic E-state index is 13.0. The fourth-order valence-electron chi connectivity index (χ4n) is 3.32. The minimum Gasteiger partial charge on any atom is -0.385 e. The maximum Gasteiger partial charge on any atom is 0.243 e. The lowest BCUT2D eigenvalue weighted by Gasteiger charge is -2.43. The van der Waals surface area contributed by atoms with Gasteiger partial charge in [0.15, 0.2) is 0 Å². The number of rotatable bonds is 6. The molecule has 1 aliphatic rings. The molecular weight excluding hydrogens is 312 g/mol. The summed E-state index contributed by atoms with van der Waals surface area (Å²) in [5.74, 6) is 0. The van der Waals surface area contributed by atoms with Crippen LogP contribution < -0.4 is 0 Å². The summed E-state index contributed by atoms with van der Waals surface area (Å²) >= 11 is 0. The molecule has 2 rings (SSSR count). The van der Waals surface area contributed by atoms with E-state index >= 15 is 0 Å². The first-order valence-electron chi connectivity index (χ1n) is 8.18. The van der Waals surface area contributed by atoms with Crippen LogP contribution in [0.15, 0.2) is 29.2 Å². The summed E-state index contributed by atoms with van der Waals surface area (Å²) in [5, 5.41) is 0. The summed E-state index contributed by atoms with van der Waals surface area (Å²) < 4.78 is 32.7. The van der Waals surface area contributed by atoms with Crippen LogP contribution in [0.4, 0.5) is 0 Å². The van der Waals surface area contributed by atoms with Crippen molar-refractivity contribution in [3.63, 3.8) is 0 Å². The third-order valence-corrected chi connectivity index (χ3v) is 6.54. The van der Waals surface area contributed by atoms with Crippen LogP contribution in [0.2, 0.25) is 0 Å². The van der Waals surface area contributed by atoms with Gasteiger partial charge in [0, 0.05) is 45.4 Å². The highest BCUT2D eigenvalue weighted by Crippen LogP contribution is 2.25. The highest BCUT2D eigenvalue weighted by atomic mass is 32.2. The van der Waals surface area contributed by atoms with Gasteiger partial charge in [-0.3, -0.25) is 4.90 Å². The van der Waals surface area contributed by atoms with E-state index in [9.17, 15) is 8.42 Å². The van der Waals surface area contributed by atoms with Crippen LogP contribution in [-0.2, 0) is 14.8 Å². The highest BCUT2D eigenvalue weighted by molar-refractivity contribution is 7.89. The van der Waals surface area contributed by atoms with E-state index in [1.54, 1.807) is 23.5 Å². The van der Waals surface area contributed by atoms with Gasteiger partial charge in [-0.05, 0) is 38.8 Å². The molecule has 23 heavy (non-hydrogen) atoms. The quantitative estimate of drug-likeness (QED) is 0.744. The maximum atomic E-state index is 13.0. The van der Waals surface area contributed by atoms with E-state index in [0.717, 1.165) is 25.1 Å². The Bertz CT molecular complexity index is 606. The first-order valence-corrected chi connectivity index (χ1v) is 9.62. The lowest BCUT2D eigenvalue weighted by atomic mass is 10.1. The molecule has 0 spiro atoms. The number of methoxy groups -OCH3 is 1. The van der Waals surface area contributed by atoms with Crippen molar-refractivity contribution in [1.29, 1.82) is 0 Å². The van der Waals surface area contributed by atoms with Crippen molar-refractivity contribution in [3.05, 3.63) is 29.8 Å². The molecule has 1 aromatic carbocycles. The van der Waals surface area contributed by atoms with Crippen molar-refractivity contribution in [2.24, 2.45) is 0 Å². The van der Waals surface area contributed by atoms with Gasteiger partial charge in [-0.25, -0.2) is 8.42 Å². The summed E-state index contributed by atoms with van der Waals surface area (Å²) in [7, 11) is -1.72. The Balaban J connectivity index is 2.13. The average molecular weight is 340 g/mol. The minimum absolute atomic E-state index is 0.203. The van der Waals surface area contributed by atoms with Gasteiger partial charge in [-0.2, -0.15) is 4.31 Å². The molecule has 1 fully saturated rings. The number of sulfonamides is 1.